The highest BCUT2D eigenvalue weighted by molar-refractivity contribution is 5.94. The minimum atomic E-state index is -0.970. The number of carbonyl (C=O) groups excluding carboxylic acids is 2. The van der Waals surface area contributed by atoms with Crippen LogP contribution >= 0.6 is 0 Å². The number of amides is 1. The number of esters is 1. The van der Waals surface area contributed by atoms with Gasteiger partial charge < -0.3 is 23.9 Å². The summed E-state index contributed by atoms with van der Waals surface area (Å²) in [5.41, 5.74) is 0.239. The molecule has 0 aliphatic carbocycles. The third-order valence-electron chi connectivity index (χ3n) is 4.13. The number of carbonyl (C=O) groups is 2. The van der Waals surface area contributed by atoms with E-state index >= 15 is 0 Å². The van der Waals surface area contributed by atoms with Crippen molar-refractivity contribution in [3.05, 3.63) is 84.3 Å². The quantitative estimate of drug-likeness (QED) is 0.407. The molecule has 1 heterocycles. The maximum Gasteiger partial charge on any atom is 0.342 e. The van der Waals surface area contributed by atoms with Gasteiger partial charge in [0.05, 0.1) is 12.8 Å². The molecule has 7 nitrogen and oxygen atoms in total. The minimum absolute atomic E-state index is 0.217. The lowest BCUT2D eigenvalue weighted by Crippen LogP contribution is -2.35. The highest BCUT2D eigenvalue weighted by Crippen LogP contribution is 2.20. The number of ether oxygens (including phenoxy) is 3. The monoisotopic (exact) mass is 409 g/mol. The van der Waals surface area contributed by atoms with Gasteiger partial charge in [0.25, 0.3) is 5.91 Å². The summed E-state index contributed by atoms with van der Waals surface area (Å²) in [6, 6.07) is 19.6. The summed E-state index contributed by atoms with van der Waals surface area (Å²) in [5.74, 6) is 0.647. The molecular weight excluding hydrogens is 386 g/mol. The van der Waals surface area contributed by atoms with Crippen LogP contribution in [0.2, 0.25) is 0 Å². The van der Waals surface area contributed by atoms with Crippen LogP contribution in [0, 0.1) is 0 Å². The van der Waals surface area contributed by atoms with E-state index in [4.69, 9.17) is 18.6 Å². The van der Waals surface area contributed by atoms with Gasteiger partial charge in [-0.25, -0.2) is 4.79 Å². The molecule has 0 aliphatic rings. The fraction of sp³-hybridized carbons (Fsp3) is 0.217. The second kappa shape index (κ2) is 10.7. The van der Waals surface area contributed by atoms with Crippen LogP contribution in [0.3, 0.4) is 0 Å². The van der Waals surface area contributed by atoms with Gasteiger partial charge in [-0.15, -0.1) is 0 Å². The Hall–Kier alpha value is -3.74. The number of hydrogen-bond acceptors (Lipinski definition) is 6. The van der Waals surface area contributed by atoms with Crippen molar-refractivity contribution in [1.29, 1.82) is 0 Å². The van der Waals surface area contributed by atoms with E-state index in [1.54, 1.807) is 36.4 Å². The number of nitrogens with one attached hydrogen (secondary N) is 1. The number of rotatable bonds is 10. The smallest absolute Gasteiger partial charge is 0.342 e. The van der Waals surface area contributed by atoms with E-state index in [9.17, 15) is 9.59 Å². The molecule has 0 bridgehead atoms. The van der Waals surface area contributed by atoms with Crippen molar-refractivity contribution in [2.75, 3.05) is 13.2 Å². The van der Waals surface area contributed by atoms with E-state index < -0.39 is 18.0 Å². The van der Waals surface area contributed by atoms with E-state index in [-0.39, 0.29) is 18.7 Å². The molecular formula is C23H23NO6. The zero-order valence-corrected chi connectivity index (χ0v) is 16.6. The molecule has 0 saturated heterocycles. The second-order valence-corrected chi connectivity index (χ2v) is 6.35. The van der Waals surface area contributed by atoms with Crippen LogP contribution in [0.15, 0.2) is 77.4 Å². The van der Waals surface area contributed by atoms with E-state index in [0.29, 0.717) is 18.1 Å². The fourth-order valence-corrected chi connectivity index (χ4v) is 2.60. The largest absolute Gasteiger partial charge is 0.490 e. The molecule has 2 aromatic carbocycles. The number of para-hydroxylation sites is 2. The predicted octanol–water partition coefficient (Wildman–Crippen LogP) is 3.60. The molecule has 1 aromatic heterocycles. The van der Waals surface area contributed by atoms with Gasteiger partial charge in [-0.2, -0.15) is 0 Å². The van der Waals surface area contributed by atoms with Crippen LogP contribution in [0.4, 0.5) is 0 Å². The Morgan fingerprint density at radius 1 is 0.933 bits per heavy atom. The topological polar surface area (TPSA) is 87.0 Å². The molecule has 0 aliphatic heterocycles. The molecule has 1 atom stereocenters. The third-order valence-corrected chi connectivity index (χ3v) is 4.13. The molecule has 156 valence electrons. The fourth-order valence-electron chi connectivity index (χ4n) is 2.60. The van der Waals surface area contributed by atoms with Crippen molar-refractivity contribution >= 4 is 11.9 Å². The second-order valence-electron chi connectivity index (χ2n) is 6.35. The number of benzene rings is 2. The van der Waals surface area contributed by atoms with Crippen molar-refractivity contribution < 1.29 is 28.2 Å². The SMILES string of the molecule is C[C@H](OC(=O)c1ccccc1OCCOc1ccccc1)C(=O)NCc1ccco1. The molecule has 3 aromatic rings. The van der Waals surface area contributed by atoms with Gasteiger partial charge in [0.1, 0.15) is 36.0 Å². The molecule has 3 rings (SSSR count). The van der Waals surface area contributed by atoms with Crippen LogP contribution in [0.5, 0.6) is 11.5 Å². The third kappa shape index (κ3) is 6.13. The van der Waals surface area contributed by atoms with Gasteiger partial charge >= 0.3 is 5.97 Å². The standard InChI is InChI=1S/C23H23NO6/c1-17(22(25)24-16-19-10-7-13-27-19)30-23(26)20-11-5-6-12-21(20)29-15-14-28-18-8-3-2-4-9-18/h2-13,17H,14-16H2,1H3,(H,24,25)/t17-/m0/s1. The lowest BCUT2D eigenvalue weighted by Gasteiger charge is -2.15. The normalized spacial score (nSPS) is 11.4. The first kappa shape index (κ1) is 21.0. The van der Waals surface area contributed by atoms with Gasteiger partial charge in [0, 0.05) is 0 Å². The maximum absolute atomic E-state index is 12.5. The van der Waals surface area contributed by atoms with Crippen LogP contribution in [-0.4, -0.2) is 31.2 Å². The van der Waals surface area contributed by atoms with Gasteiger partial charge in [-0.1, -0.05) is 30.3 Å². The summed E-state index contributed by atoms with van der Waals surface area (Å²) in [6.45, 7) is 2.29. The van der Waals surface area contributed by atoms with Gasteiger partial charge in [-0.3, -0.25) is 4.79 Å². The lowest BCUT2D eigenvalue weighted by molar-refractivity contribution is -0.129. The van der Waals surface area contributed by atoms with Crippen molar-refractivity contribution in [3.8, 4) is 11.5 Å². The Morgan fingerprint density at radius 2 is 1.67 bits per heavy atom. The molecule has 1 N–H and O–H groups in total. The van der Waals surface area contributed by atoms with E-state index in [0.717, 1.165) is 5.75 Å². The number of furan rings is 1. The molecule has 0 spiro atoms. The highest BCUT2D eigenvalue weighted by atomic mass is 16.6. The summed E-state index contributed by atoms with van der Waals surface area (Å²) in [6.07, 6.45) is 0.550. The lowest BCUT2D eigenvalue weighted by atomic mass is 10.2. The summed E-state index contributed by atoms with van der Waals surface area (Å²) in [7, 11) is 0. The maximum atomic E-state index is 12.5. The average Bonchev–Trinajstić information content (AvgIpc) is 3.29. The van der Waals surface area contributed by atoms with E-state index in [1.807, 2.05) is 30.3 Å². The minimum Gasteiger partial charge on any atom is -0.490 e. The van der Waals surface area contributed by atoms with Gasteiger partial charge in [0.2, 0.25) is 0 Å². The molecule has 0 fully saturated rings. The molecule has 7 heteroatoms. The predicted molar refractivity (Wildman–Crippen MR) is 109 cm³/mol. The van der Waals surface area contributed by atoms with Crippen LogP contribution in [0.1, 0.15) is 23.0 Å². The van der Waals surface area contributed by atoms with E-state index in [1.165, 1.54) is 13.2 Å². The average molecular weight is 409 g/mol. The Labute approximate surface area is 174 Å². The zero-order chi connectivity index (χ0) is 21.2. The summed E-state index contributed by atoms with van der Waals surface area (Å²) < 4.78 is 21.7. The molecule has 0 radical (unpaired) electrons. The highest BCUT2D eigenvalue weighted by Gasteiger charge is 2.21. The molecule has 1 amide bonds. The first-order valence-electron chi connectivity index (χ1n) is 9.54. The number of hydrogen-bond donors (Lipinski definition) is 1. The Bertz CT molecular complexity index is 939. The zero-order valence-electron chi connectivity index (χ0n) is 16.6. The van der Waals surface area contributed by atoms with Gasteiger partial charge in [-0.05, 0) is 43.3 Å². The van der Waals surface area contributed by atoms with Crippen molar-refractivity contribution in [2.45, 2.75) is 19.6 Å². The summed E-state index contributed by atoms with van der Waals surface area (Å²) in [4.78, 5) is 24.7. The molecule has 30 heavy (non-hydrogen) atoms. The Balaban J connectivity index is 1.49. The molecule has 0 saturated carbocycles. The van der Waals surface area contributed by atoms with Crippen LogP contribution < -0.4 is 14.8 Å². The first-order valence-corrected chi connectivity index (χ1v) is 9.54. The Kier molecular flexibility index (Phi) is 7.49. The van der Waals surface area contributed by atoms with E-state index in [2.05, 4.69) is 5.32 Å². The summed E-state index contributed by atoms with van der Waals surface area (Å²) in [5, 5.41) is 2.66. The van der Waals surface area contributed by atoms with Crippen LogP contribution in [-0.2, 0) is 16.1 Å². The van der Waals surface area contributed by atoms with Crippen molar-refractivity contribution in [3.63, 3.8) is 0 Å². The van der Waals surface area contributed by atoms with Gasteiger partial charge in [0.15, 0.2) is 6.10 Å². The molecule has 0 unspecified atom stereocenters. The van der Waals surface area contributed by atoms with Crippen LogP contribution in [0.25, 0.3) is 0 Å². The summed E-state index contributed by atoms with van der Waals surface area (Å²) >= 11 is 0. The Morgan fingerprint density at radius 3 is 2.43 bits per heavy atom. The first-order chi connectivity index (χ1) is 14.6. The van der Waals surface area contributed by atoms with Crippen molar-refractivity contribution in [2.24, 2.45) is 0 Å². The van der Waals surface area contributed by atoms with Crippen molar-refractivity contribution in [1.82, 2.24) is 5.32 Å².